The maximum absolute atomic E-state index is 5.99. The van der Waals surface area contributed by atoms with Crippen LogP contribution in [-0.4, -0.2) is 31.2 Å². The minimum absolute atomic E-state index is 0.168. The summed E-state index contributed by atoms with van der Waals surface area (Å²) in [6.45, 7) is 4.17. The fourth-order valence-corrected chi connectivity index (χ4v) is 1.82. The van der Waals surface area contributed by atoms with Gasteiger partial charge in [-0.05, 0) is 13.3 Å². The lowest BCUT2D eigenvalue weighted by atomic mass is 10.0. The van der Waals surface area contributed by atoms with Crippen LogP contribution >= 0.6 is 11.6 Å². The summed E-state index contributed by atoms with van der Waals surface area (Å²) in [6.07, 6.45) is 4.22. The number of aromatic nitrogens is 4. The normalized spacial score (nSPS) is 14.8. The van der Waals surface area contributed by atoms with Crippen molar-refractivity contribution >= 4 is 28.5 Å². The van der Waals surface area contributed by atoms with Crippen molar-refractivity contribution in [2.75, 3.05) is 11.2 Å². The Morgan fingerprint density at radius 2 is 2.24 bits per heavy atom. The van der Waals surface area contributed by atoms with Gasteiger partial charge in [-0.3, -0.25) is 4.68 Å². The molecule has 2 aromatic heterocycles. The summed E-state index contributed by atoms with van der Waals surface area (Å²) < 4.78 is 1.73. The fraction of sp³-hybridized carbons (Fsp3) is 0.545. The zero-order valence-corrected chi connectivity index (χ0v) is 11.0. The number of aryl methyl sites for hydroxylation is 1. The molecular weight excluding hydrogens is 238 g/mol. The van der Waals surface area contributed by atoms with Gasteiger partial charge in [0.15, 0.2) is 5.65 Å². The summed E-state index contributed by atoms with van der Waals surface area (Å²) in [5.74, 6) is 1.31. The Morgan fingerprint density at radius 3 is 2.88 bits per heavy atom. The smallest absolute Gasteiger partial charge is 0.163 e. The first kappa shape index (κ1) is 12.1. The van der Waals surface area contributed by atoms with E-state index in [1.807, 2.05) is 7.05 Å². The van der Waals surface area contributed by atoms with Crippen LogP contribution in [0.2, 0.25) is 0 Å². The second-order valence-electron chi connectivity index (χ2n) is 4.40. The summed E-state index contributed by atoms with van der Waals surface area (Å²) in [4.78, 5) is 8.47. The third-order valence-electron chi connectivity index (χ3n) is 3.02. The van der Waals surface area contributed by atoms with E-state index < -0.39 is 0 Å². The monoisotopic (exact) mass is 253 g/mol. The van der Waals surface area contributed by atoms with E-state index in [1.54, 1.807) is 10.9 Å². The van der Waals surface area contributed by atoms with Crippen molar-refractivity contribution < 1.29 is 0 Å². The molecule has 0 aliphatic carbocycles. The molecular formula is C11H16ClN5. The topological polar surface area (TPSA) is 55.6 Å². The highest BCUT2D eigenvalue weighted by molar-refractivity contribution is 6.18. The number of halogens is 1. The van der Waals surface area contributed by atoms with Gasteiger partial charge in [-0.1, -0.05) is 6.92 Å². The summed E-state index contributed by atoms with van der Waals surface area (Å²) in [7, 11) is 1.86. The highest BCUT2D eigenvalue weighted by Gasteiger charge is 2.22. The van der Waals surface area contributed by atoms with E-state index in [9.17, 15) is 0 Å². The van der Waals surface area contributed by atoms with Crippen LogP contribution in [0.4, 0.5) is 5.82 Å². The standard InChI is InChI=1S/C11H16ClN5/c1-4-11(2,6-12)16-9-8-5-15-17(3)10(8)14-7-13-9/h5,7H,4,6H2,1-3H3,(H,13,14,16). The van der Waals surface area contributed by atoms with Crippen LogP contribution in [0.3, 0.4) is 0 Å². The molecule has 2 rings (SSSR count). The van der Waals surface area contributed by atoms with E-state index in [0.717, 1.165) is 23.3 Å². The van der Waals surface area contributed by atoms with E-state index in [0.29, 0.717) is 5.88 Å². The second kappa shape index (κ2) is 4.49. The first-order valence-electron chi connectivity index (χ1n) is 5.56. The van der Waals surface area contributed by atoms with Crippen molar-refractivity contribution in [3.63, 3.8) is 0 Å². The Balaban J connectivity index is 2.42. The van der Waals surface area contributed by atoms with Crippen LogP contribution < -0.4 is 5.32 Å². The van der Waals surface area contributed by atoms with Crippen molar-refractivity contribution in [1.29, 1.82) is 0 Å². The lowest BCUT2D eigenvalue weighted by molar-refractivity contribution is 0.552. The molecule has 0 bridgehead atoms. The molecule has 1 N–H and O–H groups in total. The maximum Gasteiger partial charge on any atom is 0.163 e. The molecule has 0 fully saturated rings. The summed E-state index contributed by atoms with van der Waals surface area (Å²) in [5, 5.41) is 8.47. The van der Waals surface area contributed by atoms with Gasteiger partial charge in [-0.2, -0.15) is 5.10 Å². The molecule has 1 atom stereocenters. The Labute approximate surface area is 105 Å². The van der Waals surface area contributed by atoms with Crippen LogP contribution in [0, 0.1) is 0 Å². The average Bonchev–Trinajstić information content (AvgIpc) is 2.72. The highest BCUT2D eigenvalue weighted by Crippen LogP contribution is 2.23. The van der Waals surface area contributed by atoms with Gasteiger partial charge in [0, 0.05) is 18.5 Å². The lowest BCUT2D eigenvalue weighted by Crippen LogP contribution is -2.36. The van der Waals surface area contributed by atoms with Crippen LogP contribution in [0.1, 0.15) is 20.3 Å². The minimum atomic E-state index is -0.168. The van der Waals surface area contributed by atoms with Gasteiger partial charge in [0.25, 0.3) is 0 Å². The molecule has 2 aromatic rings. The van der Waals surface area contributed by atoms with Crippen LogP contribution in [0.15, 0.2) is 12.5 Å². The van der Waals surface area contributed by atoms with Crippen molar-refractivity contribution in [3.8, 4) is 0 Å². The summed E-state index contributed by atoms with van der Waals surface area (Å²) in [5.41, 5.74) is 0.647. The molecule has 0 radical (unpaired) electrons. The molecule has 0 saturated heterocycles. The Morgan fingerprint density at radius 1 is 1.47 bits per heavy atom. The predicted molar refractivity (Wildman–Crippen MR) is 69.3 cm³/mol. The van der Waals surface area contributed by atoms with E-state index in [2.05, 4.69) is 34.2 Å². The molecule has 0 aliphatic heterocycles. The quantitative estimate of drug-likeness (QED) is 0.849. The van der Waals surface area contributed by atoms with E-state index in [4.69, 9.17) is 11.6 Å². The van der Waals surface area contributed by atoms with Gasteiger partial charge in [0.1, 0.15) is 12.1 Å². The van der Waals surface area contributed by atoms with Crippen molar-refractivity contribution in [3.05, 3.63) is 12.5 Å². The van der Waals surface area contributed by atoms with Crippen LogP contribution in [0.25, 0.3) is 11.0 Å². The van der Waals surface area contributed by atoms with E-state index in [-0.39, 0.29) is 5.54 Å². The first-order chi connectivity index (χ1) is 8.09. The molecule has 5 nitrogen and oxygen atoms in total. The lowest BCUT2D eigenvalue weighted by Gasteiger charge is -2.27. The van der Waals surface area contributed by atoms with Gasteiger partial charge in [-0.25, -0.2) is 9.97 Å². The highest BCUT2D eigenvalue weighted by atomic mass is 35.5. The fourth-order valence-electron chi connectivity index (χ4n) is 1.56. The number of nitrogens with zero attached hydrogens (tertiary/aromatic N) is 4. The van der Waals surface area contributed by atoms with Gasteiger partial charge in [0.2, 0.25) is 0 Å². The number of hydrogen-bond donors (Lipinski definition) is 1. The zero-order valence-electron chi connectivity index (χ0n) is 10.2. The Bertz CT molecular complexity index is 518. The number of anilines is 1. The maximum atomic E-state index is 5.99. The van der Waals surface area contributed by atoms with Gasteiger partial charge in [0.05, 0.1) is 11.6 Å². The van der Waals surface area contributed by atoms with Crippen molar-refractivity contribution in [1.82, 2.24) is 19.7 Å². The number of hydrogen-bond acceptors (Lipinski definition) is 4. The van der Waals surface area contributed by atoms with Gasteiger partial charge >= 0.3 is 0 Å². The molecule has 0 spiro atoms. The molecule has 17 heavy (non-hydrogen) atoms. The largest absolute Gasteiger partial charge is 0.363 e. The Kier molecular flexibility index (Phi) is 3.19. The molecule has 92 valence electrons. The molecule has 0 saturated carbocycles. The minimum Gasteiger partial charge on any atom is -0.363 e. The number of alkyl halides is 1. The SMILES string of the molecule is CCC(C)(CCl)Nc1ncnc2c1cnn2C. The van der Waals surface area contributed by atoms with E-state index >= 15 is 0 Å². The molecule has 0 aliphatic rings. The van der Waals surface area contributed by atoms with Crippen molar-refractivity contribution in [2.24, 2.45) is 7.05 Å². The van der Waals surface area contributed by atoms with Gasteiger partial charge in [-0.15, -0.1) is 11.6 Å². The van der Waals surface area contributed by atoms with Gasteiger partial charge < -0.3 is 5.32 Å². The second-order valence-corrected chi connectivity index (χ2v) is 4.67. The molecule has 2 heterocycles. The summed E-state index contributed by atoms with van der Waals surface area (Å²) >= 11 is 5.99. The first-order valence-corrected chi connectivity index (χ1v) is 6.10. The number of rotatable bonds is 4. The van der Waals surface area contributed by atoms with Crippen LogP contribution in [-0.2, 0) is 7.05 Å². The van der Waals surface area contributed by atoms with Crippen LogP contribution in [0.5, 0.6) is 0 Å². The average molecular weight is 254 g/mol. The third kappa shape index (κ3) is 2.20. The Hall–Kier alpha value is -1.36. The number of fused-ring (bicyclic) bond motifs is 1. The predicted octanol–water partition coefficient (Wildman–Crippen LogP) is 2.18. The number of nitrogens with one attached hydrogen (secondary N) is 1. The zero-order chi connectivity index (χ0) is 12.5. The van der Waals surface area contributed by atoms with Crippen molar-refractivity contribution in [2.45, 2.75) is 25.8 Å². The molecule has 1 unspecified atom stereocenters. The molecule has 0 aromatic carbocycles. The molecule has 6 heteroatoms. The molecule has 0 amide bonds. The summed E-state index contributed by atoms with van der Waals surface area (Å²) in [6, 6.07) is 0. The third-order valence-corrected chi connectivity index (χ3v) is 3.61. The van der Waals surface area contributed by atoms with E-state index in [1.165, 1.54) is 6.33 Å².